The van der Waals surface area contributed by atoms with Crippen molar-refractivity contribution in [3.05, 3.63) is 47.7 Å². The van der Waals surface area contributed by atoms with Crippen molar-refractivity contribution in [1.82, 2.24) is 25.2 Å². The Morgan fingerprint density at radius 2 is 2.04 bits per heavy atom. The first-order chi connectivity index (χ1) is 22.5. The summed E-state index contributed by atoms with van der Waals surface area (Å²) in [7, 11) is 2.02. The highest BCUT2D eigenvalue weighted by Gasteiger charge is 2.40. The summed E-state index contributed by atoms with van der Waals surface area (Å²) >= 11 is 0. The molecule has 8 rings (SSSR count). The minimum absolute atomic E-state index is 0.0266. The molecular weight excluding hydrogens is 613 g/mol. The highest BCUT2D eigenvalue weighted by molar-refractivity contribution is 6.01. The topological polar surface area (TPSA) is 113 Å². The number of benzene rings is 2. The Labute approximate surface area is 269 Å². The van der Waals surface area contributed by atoms with Crippen LogP contribution in [0.1, 0.15) is 45.1 Å². The van der Waals surface area contributed by atoms with Gasteiger partial charge in [-0.3, -0.25) is 9.88 Å². The number of likely N-dealkylation sites (N-methyl/N-ethyl adjacent to an activating group) is 1. The lowest BCUT2D eigenvalue weighted by Crippen LogP contribution is -2.60. The molecule has 2 saturated heterocycles. The number of phenols is 1. The Morgan fingerprint density at radius 1 is 1.21 bits per heavy atom. The van der Waals surface area contributed by atoms with Crippen LogP contribution in [0.2, 0.25) is 0 Å². The van der Waals surface area contributed by atoms with E-state index in [1.54, 1.807) is 11.8 Å². The first-order valence-electron chi connectivity index (χ1n) is 16.0. The van der Waals surface area contributed by atoms with Crippen LogP contribution < -0.4 is 15.0 Å². The number of nitrogens with zero attached hydrogens (tertiary/aromatic N) is 5. The molecule has 6 heterocycles. The van der Waals surface area contributed by atoms with Gasteiger partial charge < -0.3 is 24.8 Å². The fourth-order valence-corrected chi connectivity index (χ4v) is 7.50. The second kappa shape index (κ2) is 12.0. The summed E-state index contributed by atoms with van der Waals surface area (Å²) in [5.74, 6) is -1.29. The van der Waals surface area contributed by atoms with Crippen molar-refractivity contribution in [2.45, 2.75) is 69.8 Å². The highest BCUT2D eigenvalue weighted by atomic mass is 19.1. The number of halogens is 3. The van der Waals surface area contributed by atoms with Crippen LogP contribution in [0.3, 0.4) is 0 Å². The van der Waals surface area contributed by atoms with Gasteiger partial charge in [0, 0.05) is 30.8 Å². The average molecular weight is 651 g/mol. The van der Waals surface area contributed by atoms with Crippen molar-refractivity contribution in [1.29, 1.82) is 0 Å². The quantitative estimate of drug-likeness (QED) is 0.290. The molecule has 6 bridgehead atoms. The summed E-state index contributed by atoms with van der Waals surface area (Å²) in [5, 5.41) is 14.5. The van der Waals surface area contributed by atoms with Gasteiger partial charge in [-0.2, -0.15) is 9.97 Å². The van der Waals surface area contributed by atoms with Gasteiger partial charge in [0.1, 0.15) is 40.9 Å². The Kier molecular flexibility index (Phi) is 7.97. The molecule has 4 aliphatic rings. The van der Waals surface area contributed by atoms with Gasteiger partial charge in [0.15, 0.2) is 5.82 Å². The number of carbonyl (C=O) groups excluding carboxylic acids is 1. The summed E-state index contributed by atoms with van der Waals surface area (Å²) in [5.41, 5.74) is -0.874. The lowest BCUT2D eigenvalue weighted by molar-refractivity contribution is 0.111. The van der Waals surface area contributed by atoms with Gasteiger partial charge in [-0.25, -0.2) is 18.0 Å². The molecule has 2 N–H and O–H groups in total. The van der Waals surface area contributed by atoms with Crippen LogP contribution in [0.5, 0.6) is 11.8 Å². The van der Waals surface area contributed by atoms with Crippen molar-refractivity contribution in [2.75, 3.05) is 38.2 Å². The summed E-state index contributed by atoms with van der Waals surface area (Å²) in [4.78, 5) is 30.5. The van der Waals surface area contributed by atoms with Crippen molar-refractivity contribution in [2.24, 2.45) is 0 Å². The molecule has 4 atom stereocenters. The molecule has 0 saturated carbocycles. The SMILES string of the molecule is C[C@@H](Oc1nc2c3cnc(c(F)c3n1)-c1cc(O)cc3ccc(F)c(c13)CCCOC(=O)N[C@]1(C)C[C@@H](F)CN2C1)[C@@H]1CCCN1C. The second-order valence-corrected chi connectivity index (χ2v) is 13.3. The van der Waals surface area contributed by atoms with E-state index in [1.165, 1.54) is 30.5 Å². The first kappa shape index (κ1) is 31.2. The number of piperidine rings is 1. The first-order valence-corrected chi connectivity index (χ1v) is 16.0. The predicted molar refractivity (Wildman–Crippen MR) is 171 cm³/mol. The van der Waals surface area contributed by atoms with Crippen LogP contribution in [0.25, 0.3) is 32.9 Å². The van der Waals surface area contributed by atoms with Crippen molar-refractivity contribution < 1.29 is 32.5 Å². The standard InChI is InChI=1S/C34H37F3N6O4/c1-18(26-7-4-10-42(26)3)47-32-39-30-24-15-38-29(28(30)37)23-13-21(44)12-19-8-9-25(36)22(27(19)23)6-5-11-46-33(45)41-34(2)14-20(35)16-43(17-34)31(24)40-32/h8-9,12-13,15,18,20,26,44H,4-7,10-11,14,16-17H2,1-3H3,(H,41,45)/t18-,20-,26+,34-/m1/s1. The second-order valence-electron chi connectivity index (χ2n) is 13.3. The maximum absolute atomic E-state index is 16.9. The van der Waals surface area contributed by atoms with E-state index in [0.29, 0.717) is 10.8 Å². The number of aromatic nitrogens is 3. The number of amides is 1. The molecular formula is C34H37F3N6O4. The molecule has 2 aromatic heterocycles. The molecule has 2 fully saturated rings. The molecule has 10 nitrogen and oxygen atoms in total. The number of aromatic hydroxyl groups is 1. The van der Waals surface area contributed by atoms with Crippen molar-refractivity contribution in [3.8, 4) is 23.0 Å². The maximum atomic E-state index is 16.9. The summed E-state index contributed by atoms with van der Waals surface area (Å²) in [6.45, 7) is 4.59. The summed E-state index contributed by atoms with van der Waals surface area (Å²) < 4.78 is 59.5. The zero-order valence-corrected chi connectivity index (χ0v) is 26.5. The number of aryl methyl sites for hydroxylation is 1. The Balaban J connectivity index is 1.46. The van der Waals surface area contributed by atoms with Crippen LogP contribution in [0.15, 0.2) is 30.5 Å². The van der Waals surface area contributed by atoms with Gasteiger partial charge in [-0.1, -0.05) is 6.07 Å². The van der Waals surface area contributed by atoms with E-state index in [-0.39, 0.29) is 96.4 Å². The zero-order chi connectivity index (χ0) is 33.0. The smallest absolute Gasteiger partial charge is 0.407 e. The number of hydrogen-bond acceptors (Lipinski definition) is 9. The predicted octanol–water partition coefficient (Wildman–Crippen LogP) is 5.67. The Morgan fingerprint density at radius 3 is 2.83 bits per heavy atom. The number of likely N-dealkylation sites (tertiary alicyclic amines) is 1. The average Bonchev–Trinajstić information content (AvgIpc) is 3.45. The molecule has 4 aromatic rings. The third-order valence-electron chi connectivity index (χ3n) is 9.60. The third kappa shape index (κ3) is 5.85. The maximum Gasteiger partial charge on any atom is 0.407 e. The minimum Gasteiger partial charge on any atom is -0.508 e. The summed E-state index contributed by atoms with van der Waals surface area (Å²) in [6.07, 6.45) is 1.37. The summed E-state index contributed by atoms with van der Waals surface area (Å²) in [6, 6.07) is 5.64. The van der Waals surface area contributed by atoms with Crippen molar-refractivity contribution in [3.63, 3.8) is 0 Å². The molecule has 47 heavy (non-hydrogen) atoms. The van der Waals surface area contributed by atoms with Crippen LogP contribution in [0.4, 0.5) is 23.8 Å². The molecule has 0 spiro atoms. The monoisotopic (exact) mass is 650 g/mol. The fraction of sp³-hybridized carbons (Fsp3) is 0.471. The van der Waals surface area contributed by atoms with E-state index in [2.05, 4.69) is 25.2 Å². The number of pyridine rings is 1. The van der Waals surface area contributed by atoms with Gasteiger partial charge >= 0.3 is 12.1 Å². The van der Waals surface area contributed by atoms with Crippen LogP contribution >= 0.6 is 0 Å². The van der Waals surface area contributed by atoms with Crippen LogP contribution in [-0.4, -0.2) is 88.2 Å². The van der Waals surface area contributed by atoms with Gasteiger partial charge in [-0.15, -0.1) is 0 Å². The normalized spacial score (nSPS) is 24.4. The number of hydrogen-bond donors (Lipinski definition) is 2. The van der Waals surface area contributed by atoms with Crippen LogP contribution in [-0.2, 0) is 11.2 Å². The van der Waals surface area contributed by atoms with Gasteiger partial charge in [0.05, 0.1) is 24.1 Å². The van der Waals surface area contributed by atoms with E-state index in [9.17, 15) is 9.90 Å². The number of ether oxygens (including phenoxy) is 2. The van der Waals surface area contributed by atoms with E-state index in [0.717, 1.165) is 19.4 Å². The number of carbonyl (C=O) groups is 1. The molecule has 4 aliphatic heterocycles. The largest absolute Gasteiger partial charge is 0.508 e. The number of alkyl halides is 1. The van der Waals surface area contributed by atoms with Gasteiger partial charge in [-0.05, 0) is 87.7 Å². The van der Waals surface area contributed by atoms with E-state index in [4.69, 9.17) is 9.47 Å². The number of rotatable bonds is 3. The van der Waals surface area contributed by atoms with E-state index < -0.39 is 29.4 Å². The Hall–Kier alpha value is -4.39. The molecule has 0 radical (unpaired) electrons. The molecule has 0 aliphatic carbocycles. The molecule has 0 unspecified atom stereocenters. The number of fused-ring (bicyclic) bond motifs is 6. The molecule has 248 valence electrons. The molecule has 1 amide bonds. The molecule has 13 heteroatoms. The Bertz CT molecular complexity index is 1880. The lowest BCUT2D eigenvalue weighted by atomic mass is 9.90. The highest BCUT2D eigenvalue weighted by Crippen LogP contribution is 2.40. The number of nitrogens with one attached hydrogen (secondary N) is 1. The third-order valence-corrected chi connectivity index (χ3v) is 9.60. The van der Waals surface area contributed by atoms with Gasteiger partial charge in [0.25, 0.3) is 0 Å². The number of anilines is 1. The zero-order valence-electron chi connectivity index (χ0n) is 26.5. The minimum atomic E-state index is -1.35. The lowest BCUT2D eigenvalue weighted by Gasteiger charge is -2.42. The fourth-order valence-electron chi connectivity index (χ4n) is 7.50. The van der Waals surface area contributed by atoms with E-state index in [1.807, 2.05) is 14.0 Å². The van der Waals surface area contributed by atoms with Crippen LogP contribution in [0, 0.1) is 11.6 Å². The van der Waals surface area contributed by atoms with Crippen molar-refractivity contribution >= 4 is 33.6 Å². The number of phenolic OH excluding ortho intramolecular Hbond substituents is 1. The van der Waals surface area contributed by atoms with E-state index >= 15 is 13.2 Å². The van der Waals surface area contributed by atoms with Gasteiger partial charge in [0.2, 0.25) is 0 Å². The molecule has 2 aromatic carbocycles. The number of alkyl carbamates (subject to hydrolysis) is 1.